The van der Waals surface area contributed by atoms with Crippen LogP contribution in [-0.2, 0) is 5.75 Å². The molecule has 5 heteroatoms. The number of hydrogen-bond donors (Lipinski definition) is 2. The summed E-state index contributed by atoms with van der Waals surface area (Å²) in [5, 5.41) is 0.764. The van der Waals surface area contributed by atoms with Gasteiger partial charge in [0.1, 0.15) is 5.76 Å². The molecule has 1 aliphatic rings. The lowest BCUT2D eigenvalue weighted by atomic mass is 10.0. The van der Waals surface area contributed by atoms with Crippen LogP contribution >= 0.6 is 11.8 Å². The van der Waals surface area contributed by atoms with Crippen LogP contribution in [0.15, 0.2) is 10.5 Å². The van der Waals surface area contributed by atoms with Gasteiger partial charge in [-0.15, -0.1) is 0 Å². The number of carbonyl (C=O) groups is 1. The normalized spacial score (nSPS) is 16.8. The topological polar surface area (TPSA) is 68.3 Å². The number of nitrogens with one attached hydrogen (secondary N) is 1. The molecule has 1 saturated carbocycles. The Hall–Kier alpha value is -0.940. The second-order valence-electron chi connectivity index (χ2n) is 4.74. The molecule has 3 N–H and O–H groups in total. The third kappa shape index (κ3) is 3.29. The highest BCUT2D eigenvalue weighted by atomic mass is 32.2. The van der Waals surface area contributed by atoms with Crippen molar-refractivity contribution in [1.82, 2.24) is 5.43 Å². The van der Waals surface area contributed by atoms with Gasteiger partial charge in [0.05, 0.1) is 0 Å². The molecule has 18 heavy (non-hydrogen) atoms. The van der Waals surface area contributed by atoms with Crippen LogP contribution in [0.3, 0.4) is 0 Å². The summed E-state index contributed by atoms with van der Waals surface area (Å²) in [6, 6.07) is 1.80. The summed E-state index contributed by atoms with van der Waals surface area (Å²) >= 11 is 1.97. The Balaban J connectivity index is 1.92. The molecule has 0 aliphatic heterocycles. The number of amides is 1. The highest BCUT2D eigenvalue weighted by Gasteiger charge is 2.17. The molecule has 1 aromatic rings. The molecule has 0 radical (unpaired) electrons. The van der Waals surface area contributed by atoms with Gasteiger partial charge in [0.25, 0.3) is 0 Å². The van der Waals surface area contributed by atoms with Crippen molar-refractivity contribution in [2.45, 2.75) is 50.0 Å². The van der Waals surface area contributed by atoms with Crippen molar-refractivity contribution < 1.29 is 9.21 Å². The summed E-state index contributed by atoms with van der Waals surface area (Å²) in [5.74, 6) is 6.75. The minimum atomic E-state index is -0.369. The van der Waals surface area contributed by atoms with Gasteiger partial charge in [0, 0.05) is 16.6 Å². The molecule has 0 aromatic carbocycles. The van der Waals surface area contributed by atoms with Crippen LogP contribution in [0.4, 0.5) is 0 Å². The second kappa shape index (κ2) is 6.29. The van der Waals surface area contributed by atoms with Gasteiger partial charge in [0.2, 0.25) is 0 Å². The average Bonchev–Trinajstić information content (AvgIpc) is 2.78. The van der Waals surface area contributed by atoms with E-state index in [-0.39, 0.29) is 5.91 Å². The van der Waals surface area contributed by atoms with E-state index < -0.39 is 0 Å². The van der Waals surface area contributed by atoms with Gasteiger partial charge < -0.3 is 4.42 Å². The summed E-state index contributed by atoms with van der Waals surface area (Å²) in [6.07, 6.45) is 6.71. The zero-order chi connectivity index (χ0) is 13.0. The summed E-state index contributed by atoms with van der Waals surface area (Å²) in [5.41, 5.74) is 3.19. The molecule has 1 heterocycles. The second-order valence-corrected chi connectivity index (χ2v) is 6.03. The van der Waals surface area contributed by atoms with E-state index in [1.807, 2.05) is 18.7 Å². The van der Waals surface area contributed by atoms with Crippen molar-refractivity contribution >= 4 is 17.7 Å². The quantitative estimate of drug-likeness (QED) is 0.500. The monoisotopic (exact) mass is 268 g/mol. The Morgan fingerprint density at radius 2 is 2.22 bits per heavy atom. The third-order valence-electron chi connectivity index (χ3n) is 3.40. The molecule has 0 spiro atoms. The van der Waals surface area contributed by atoms with Crippen LogP contribution in [0.25, 0.3) is 0 Å². The Bertz CT molecular complexity index is 411. The van der Waals surface area contributed by atoms with Crippen molar-refractivity contribution in [2.24, 2.45) is 5.84 Å². The Kier molecular flexibility index (Phi) is 4.72. The minimum absolute atomic E-state index is 0.300. The van der Waals surface area contributed by atoms with Crippen LogP contribution < -0.4 is 11.3 Å². The third-order valence-corrected chi connectivity index (χ3v) is 4.82. The van der Waals surface area contributed by atoms with Crippen molar-refractivity contribution in [2.75, 3.05) is 0 Å². The highest BCUT2D eigenvalue weighted by Crippen LogP contribution is 2.31. The number of aryl methyl sites for hydroxylation is 1. The number of hydrazine groups is 1. The zero-order valence-electron chi connectivity index (χ0n) is 10.7. The molecule has 0 atom stereocenters. The first-order valence-corrected chi connectivity index (χ1v) is 7.47. The number of nitrogens with two attached hydrogens (primary N) is 1. The molecule has 1 amide bonds. The first-order valence-electron chi connectivity index (χ1n) is 6.42. The van der Waals surface area contributed by atoms with Gasteiger partial charge in [0.15, 0.2) is 5.76 Å². The van der Waals surface area contributed by atoms with Crippen LogP contribution in [0, 0.1) is 6.92 Å². The van der Waals surface area contributed by atoms with Crippen molar-refractivity contribution in [3.8, 4) is 0 Å². The average molecular weight is 268 g/mol. The number of furan rings is 1. The molecule has 0 saturated heterocycles. The Labute approximate surface area is 112 Å². The van der Waals surface area contributed by atoms with Gasteiger partial charge in [-0.3, -0.25) is 10.2 Å². The van der Waals surface area contributed by atoms with Gasteiger partial charge in [-0.05, 0) is 25.8 Å². The van der Waals surface area contributed by atoms with E-state index in [1.54, 1.807) is 6.07 Å². The lowest BCUT2D eigenvalue weighted by Gasteiger charge is -2.20. The predicted molar refractivity (Wildman–Crippen MR) is 73.3 cm³/mol. The van der Waals surface area contributed by atoms with Crippen molar-refractivity contribution in [3.63, 3.8) is 0 Å². The van der Waals surface area contributed by atoms with Gasteiger partial charge in [-0.2, -0.15) is 11.8 Å². The van der Waals surface area contributed by atoms with Gasteiger partial charge in [-0.25, -0.2) is 5.84 Å². The molecular formula is C13H20N2O2S. The van der Waals surface area contributed by atoms with E-state index in [0.29, 0.717) is 5.76 Å². The maximum atomic E-state index is 11.3. The SMILES string of the molecule is Cc1oc(C(=O)NN)cc1CSC1CCCCC1. The van der Waals surface area contributed by atoms with E-state index >= 15 is 0 Å². The highest BCUT2D eigenvalue weighted by molar-refractivity contribution is 7.99. The van der Waals surface area contributed by atoms with E-state index in [1.165, 1.54) is 32.1 Å². The fourth-order valence-corrected chi connectivity index (χ4v) is 3.65. The number of rotatable bonds is 4. The largest absolute Gasteiger partial charge is 0.456 e. The molecule has 1 fully saturated rings. The molecule has 1 aliphatic carbocycles. The smallest absolute Gasteiger partial charge is 0.300 e. The molecule has 2 rings (SSSR count). The predicted octanol–water partition coefficient (Wildman–Crippen LogP) is 2.76. The molecule has 4 nitrogen and oxygen atoms in total. The first-order chi connectivity index (χ1) is 8.70. The maximum Gasteiger partial charge on any atom is 0.300 e. The fraction of sp³-hybridized carbons (Fsp3) is 0.615. The zero-order valence-corrected chi connectivity index (χ0v) is 11.5. The minimum Gasteiger partial charge on any atom is -0.456 e. The molecule has 1 aromatic heterocycles. The molecule has 0 unspecified atom stereocenters. The molecular weight excluding hydrogens is 248 g/mol. The van der Waals surface area contributed by atoms with Crippen LogP contribution in [0.2, 0.25) is 0 Å². The standard InChI is InChI=1S/C13H20N2O2S/c1-9-10(7-12(17-9)13(16)15-14)8-18-11-5-3-2-4-6-11/h7,11H,2-6,8,14H2,1H3,(H,15,16). The van der Waals surface area contributed by atoms with Crippen molar-refractivity contribution in [1.29, 1.82) is 0 Å². The lowest BCUT2D eigenvalue weighted by molar-refractivity contribution is 0.0924. The lowest BCUT2D eigenvalue weighted by Crippen LogP contribution is -2.29. The van der Waals surface area contributed by atoms with Crippen LogP contribution in [-0.4, -0.2) is 11.2 Å². The van der Waals surface area contributed by atoms with E-state index in [4.69, 9.17) is 10.3 Å². The molecule has 100 valence electrons. The summed E-state index contributed by atoms with van der Waals surface area (Å²) in [4.78, 5) is 11.3. The summed E-state index contributed by atoms with van der Waals surface area (Å²) in [6.45, 7) is 1.89. The Morgan fingerprint density at radius 1 is 1.50 bits per heavy atom. The van der Waals surface area contributed by atoms with Gasteiger partial charge >= 0.3 is 5.91 Å². The Morgan fingerprint density at radius 3 is 2.89 bits per heavy atom. The van der Waals surface area contributed by atoms with E-state index in [0.717, 1.165) is 22.3 Å². The summed E-state index contributed by atoms with van der Waals surface area (Å²) < 4.78 is 5.40. The fourth-order valence-electron chi connectivity index (χ4n) is 2.29. The van der Waals surface area contributed by atoms with Crippen molar-refractivity contribution in [3.05, 3.63) is 23.2 Å². The van der Waals surface area contributed by atoms with Gasteiger partial charge in [-0.1, -0.05) is 19.3 Å². The van der Waals surface area contributed by atoms with Crippen LogP contribution in [0.5, 0.6) is 0 Å². The molecule has 0 bridgehead atoms. The van der Waals surface area contributed by atoms with Crippen LogP contribution in [0.1, 0.15) is 54.0 Å². The first kappa shape index (κ1) is 13.5. The maximum absolute atomic E-state index is 11.3. The summed E-state index contributed by atoms with van der Waals surface area (Å²) in [7, 11) is 0. The number of hydrogen-bond acceptors (Lipinski definition) is 4. The van der Waals surface area contributed by atoms with E-state index in [2.05, 4.69) is 5.43 Å². The van der Waals surface area contributed by atoms with E-state index in [9.17, 15) is 4.79 Å². The number of carbonyl (C=O) groups excluding carboxylic acids is 1. The number of thioether (sulfide) groups is 1. The number of nitrogen functional groups attached to an aromatic ring is 1.